The Hall–Kier alpha value is -1.39. The Kier molecular flexibility index (Phi) is 4.69. The van der Waals surface area contributed by atoms with Crippen LogP contribution in [-0.2, 0) is 6.18 Å². The van der Waals surface area contributed by atoms with Gasteiger partial charge in [0, 0.05) is 0 Å². The monoisotopic (exact) mass is 334 g/mol. The molecular formula is C15H11Cl2F3O. The number of alkyl halides is 4. The van der Waals surface area contributed by atoms with E-state index in [1.165, 1.54) is 19.2 Å². The van der Waals surface area contributed by atoms with E-state index in [4.69, 9.17) is 27.9 Å². The molecule has 0 N–H and O–H groups in total. The number of halogens is 5. The minimum absolute atomic E-state index is 0.396. The van der Waals surface area contributed by atoms with Gasteiger partial charge in [0.2, 0.25) is 0 Å². The van der Waals surface area contributed by atoms with Gasteiger partial charge in [0.1, 0.15) is 5.75 Å². The lowest BCUT2D eigenvalue weighted by molar-refractivity contribution is -0.137. The molecule has 6 heteroatoms. The second-order valence-electron chi connectivity index (χ2n) is 4.38. The largest absolute Gasteiger partial charge is 0.495 e. The van der Waals surface area contributed by atoms with Crippen LogP contribution in [0.15, 0.2) is 42.5 Å². The van der Waals surface area contributed by atoms with Crippen LogP contribution in [0.5, 0.6) is 5.75 Å². The number of rotatable bonds is 3. The van der Waals surface area contributed by atoms with Crippen LogP contribution in [0.3, 0.4) is 0 Å². The highest BCUT2D eigenvalue weighted by molar-refractivity contribution is 6.32. The molecule has 0 fully saturated rings. The number of ether oxygens (including phenoxy) is 1. The summed E-state index contributed by atoms with van der Waals surface area (Å²) >= 11 is 12.3. The molecule has 0 aliphatic carbocycles. The molecule has 0 spiro atoms. The third-order valence-corrected chi connectivity index (χ3v) is 3.80. The van der Waals surface area contributed by atoms with Gasteiger partial charge in [-0.3, -0.25) is 0 Å². The van der Waals surface area contributed by atoms with E-state index in [-0.39, 0.29) is 0 Å². The summed E-state index contributed by atoms with van der Waals surface area (Å²) in [5, 5.41) is -0.191. The van der Waals surface area contributed by atoms with E-state index in [1.54, 1.807) is 18.2 Å². The molecule has 1 atom stereocenters. The van der Waals surface area contributed by atoms with Crippen molar-refractivity contribution in [1.82, 2.24) is 0 Å². The summed E-state index contributed by atoms with van der Waals surface area (Å²) in [6, 6.07) is 9.76. The highest BCUT2D eigenvalue weighted by atomic mass is 35.5. The molecule has 0 saturated heterocycles. The number of hydrogen-bond acceptors (Lipinski definition) is 1. The molecule has 0 bridgehead atoms. The van der Waals surface area contributed by atoms with Crippen molar-refractivity contribution in [3.63, 3.8) is 0 Å². The van der Waals surface area contributed by atoms with Gasteiger partial charge < -0.3 is 4.74 Å². The Balaban J connectivity index is 2.27. The van der Waals surface area contributed by atoms with Crippen LogP contribution in [0.4, 0.5) is 13.2 Å². The van der Waals surface area contributed by atoms with Crippen LogP contribution in [0.2, 0.25) is 5.02 Å². The summed E-state index contributed by atoms with van der Waals surface area (Å²) in [5.41, 5.74) is 0.538. The molecule has 0 amide bonds. The Bertz CT molecular complexity index is 624. The Morgan fingerprint density at radius 1 is 1.00 bits per heavy atom. The van der Waals surface area contributed by atoms with Crippen LogP contribution < -0.4 is 4.74 Å². The minimum Gasteiger partial charge on any atom is -0.495 e. The van der Waals surface area contributed by atoms with Gasteiger partial charge in [-0.15, -0.1) is 11.6 Å². The van der Waals surface area contributed by atoms with Gasteiger partial charge in [0.05, 0.1) is 23.1 Å². The Morgan fingerprint density at radius 2 is 1.57 bits per heavy atom. The first kappa shape index (κ1) is 16.0. The molecule has 1 nitrogen and oxygen atoms in total. The highest BCUT2D eigenvalue weighted by Crippen LogP contribution is 2.35. The van der Waals surface area contributed by atoms with Gasteiger partial charge in [-0.25, -0.2) is 0 Å². The Labute approximate surface area is 130 Å². The van der Waals surface area contributed by atoms with Crippen molar-refractivity contribution in [2.24, 2.45) is 0 Å². The molecule has 21 heavy (non-hydrogen) atoms. The molecule has 0 aromatic heterocycles. The van der Waals surface area contributed by atoms with Crippen molar-refractivity contribution in [1.29, 1.82) is 0 Å². The summed E-state index contributed by atoms with van der Waals surface area (Å²) < 4.78 is 42.6. The fourth-order valence-electron chi connectivity index (χ4n) is 1.87. The van der Waals surface area contributed by atoms with E-state index in [0.29, 0.717) is 21.9 Å². The zero-order valence-corrected chi connectivity index (χ0v) is 12.4. The van der Waals surface area contributed by atoms with Gasteiger partial charge in [0.15, 0.2) is 0 Å². The van der Waals surface area contributed by atoms with Gasteiger partial charge >= 0.3 is 6.18 Å². The smallest absolute Gasteiger partial charge is 0.416 e. The SMILES string of the molecule is COc1ccc(C(Cl)c2ccc(C(F)(F)F)cc2)cc1Cl. The van der Waals surface area contributed by atoms with Gasteiger partial charge in [-0.2, -0.15) is 13.2 Å². The van der Waals surface area contributed by atoms with E-state index < -0.39 is 17.1 Å². The van der Waals surface area contributed by atoms with Gasteiger partial charge in [-0.1, -0.05) is 29.8 Å². The summed E-state index contributed by atoms with van der Waals surface area (Å²) in [6.45, 7) is 0. The van der Waals surface area contributed by atoms with Crippen molar-refractivity contribution in [2.45, 2.75) is 11.6 Å². The lowest BCUT2D eigenvalue weighted by atomic mass is 10.0. The normalized spacial score (nSPS) is 13.0. The van der Waals surface area contributed by atoms with Crippen LogP contribution in [0.1, 0.15) is 22.1 Å². The molecule has 2 rings (SSSR count). The topological polar surface area (TPSA) is 9.23 Å². The van der Waals surface area contributed by atoms with Crippen LogP contribution in [-0.4, -0.2) is 7.11 Å². The standard InChI is InChI=1S/C15H11Cl2F3O/c1-21-13-7-4-10(8-12(13)16)14(17)9-2-5-11(6-3-9)15(18,19)20/h2-8,14H,1H3. The number of benzene rings is 2. The number of hydrogen-bond donors (Lipinski definition) is 0. The lowest BCUT2D eigenvalue weighted by Crippen LogP contribution is -2.05. The molecule has 0 heterocycles. The van der Waals surface area contributed by atoms with E-state index in [9.17, 15) is 13.2 Å². The quantitative estimate of drug-likeness (QED) is 0.654. The van der Waals surface area contributed by atoms with E-state index in [0.717, 1.165) is 12.1 Å². The first-order chi connectivity index (χ1) is 9.82. The maximum absolute atomic E-state index is 12.5. The predicted molar refractivity (Wildman–Crippen MR) is 77.1 cm³/mol. The fraction of sp³-hybridized carbons (Fsp3) is 0.200. The van der Waals surface area contributed by atoms with Crippen LogP contribution >= 0.6 is 23.2 Å². The summed E-state index contributed by atoms with van der Waals surface area (Å²) in [4.78, 5) is 0. The van der Waals surface area contributed by atoms with E-state index in [2.05, 4.69) is 0 Å². The molecule has 0 aliphatic rings. The summed E-state index contributed by atoms with van der Waals surface area (Å²) in [7, 11) is 1.49. The van der Waals surface area contributed by atoms with Crippen molar-refractivity contribution >= 4 is 23.2 Å². The predicted octanol–water partition coefficient (Wildman–Crippen LogP) is 5.70. The molecular weight excluding hydrogens is 324 g/mol. The highest BCUT2D eigenvalue weighted by Gasteiger charge is 2.30. The van der Waals surface area contributed by atoms with Crippen molar-refractivity contribution < 1.29 is 17.9 Å². The fourth-order valence-corrected chi connectivity index (χ4v) is 2.42. The second-order valence-corrected chi connectivity index (χ2v) is 5.22. The van der Waals surface area contributed by atoms with E-state index in [1.807, 2.05) is 0 Å². The third kappa shape index (κ3) is 3.63. The maximum Gasteiger partial charge on any atom is 0.416 e. The average molecular weight is 335 g/mol. The zero-order valence-electron chi connectivity index (χ0n) is 10.9. The average Bonchev–Trinajstić information content (AvgIpc) is 2.45. The van der Waals surface area contributed by atoms with Gasteiger partial charge in [-0.05, 0) is 35.4 Å². The van der Waals surface area contributed by atoms with Crippen molar-refractivity contribution in [2.75, 3.05) is 7.11 Å². The van der Waals surface area contributed by atoms with Crippen molar-refractivity contribution in [3.8, 4) is 5.75 Å². The maximum atomic E-state index is 12.5. The zero-order chi connectivity index (χ0) is 15.6. The van der Waals surface area contributed by atoms with Crippen LogP contribution in [0.25, 0.3) is 0 Å². The first-order valence-electron chi connectivity index (χ1n) is 5.97. The summed E-state index contributed by atoms with van der Waals surface area (Å²) in [6.07, 6.45) is -4.36. The van der Waals surface area contributed by atoms with Crippen LogP contribution in [0, 0.1) is 0 Å². The first-order valence-corrected chi connectivity index (χ1v) is 6.79. The molecule has 112 valence electrons. The molecule has 2 aromatic rings. The van der Waals surface area contributed by atoms with Gasteiger partial charge in [0.25, 0.3) is 0 Å². The third-order valence-electron chi connectivity index (χ3n) is 3.00. The van der Waals surface area contributed by atoms with Crippen molar-refractivity contribution in [3.05, 3.63) is 64.2 Å². The molecule has 0 radical (unpaired) electrons. The molecule has 2 aromatic carbocycles. The Morgan fingerprint density at radius 3 is 2.05 bits per heavy atom. The molecule has 1 unspecified atom stereocenters. The molecule has 0 aliphatic heterocycles. The lowest BCUT2D eigenvalue weighted by Gasteiger charge is -2.13. The minimum atomic E-state index is -4.36. The number of methoxy groups -OCH3 is 1. The molecule has 0 saturated carbocycles. The second kappa shape index (κ2) is 6.16. The van der Waals surface area contributed by atoms with E-state index >= 15 is 0 Å². The summed E-state index contributed by atoms with van der Waals surface area (Å²) in [5.74, 6) is 0.511.